The maximum atomic E-state index is 13.3. The second-order valence-electron chi connectivity index (χ2n) is 6.90. The number of carbonyl (C=O) groups excluding carboxylic acids is 1. The molecule has 2 aliphatic rings. The lowest BCUT2D eigenvalue weighted by Crippen LogP contribution is -2.38. The predicted molar refractivity (Wildman–Crippen MR) is 91.1 cm³/mol. The number of alkyl halides is 3. The summed E-state index contributed by atoms with van der Waals surface area (Å²) in [6.07, 6.45) is -0.111. The molecule has 1 fully saturated rings. The molecule has 144 valence electrons. The van der Waals surface area contributed by atoms with Crippen molar-refractivity contribution >= 4 is 5.91 Å². The maximum Gasteiger partial charge on any atom is 0.449 e. The molecule has 6 nitrogen and oxygen atoms in total. The molecule has 9 heteroatoms. The van der Waals surface area contributed by atoms with Crippen molar-refractivity contribution in [2.45, 2.75) is 38.0 Å². The van der Waals surface area contributed by atoms with E-state index >= 15 is 0 Å². The number of hydrogen-bond donors (Lipinski definition) is 1. The van der Waals surface area contributed by atoms with E-state index in [0.717, 1.165) is 0 Å². The number of nitrogens with one attached hydrogen (secondary N) is 1. The largest absolute Gasteiger partial charge is 0.449 e. The number of likely N-dealkylation sites (tertiary alicyclic amines) is 1. The summed E-state index contributed by atoms with van der Waals surface area (Å²) in [6, 6.07) is 3.43. The minimum atomic E-state index is -4.46. The van der Waals surface area contributed by atoms with Crippen LogP contribution in [-0.2, 0) is 19.3 Å². The van der Waals surface area contributed by atoms with Crippen LogP contribution < -0.4 is 5.32 Å². The van der Waals surface area contributed by atoms with Gasteiger partial charge in [0.25, 0.3) is 5.91 Å². The Hall–Kier alpha value is -2.42. The van der Waals surface area contributed by atoms with Gasteiger partial charge in [-0.25, -0.2) is 4.98 Å². The number of piperidine rings is 1. The molecule has 0 aliphatic carbocycles. The number of halogens is 3. The molecule has 0 aromatic carbocycles. The van der Waals surface area contributed by atoms with E-state index < -0.39 is 12.0 Å². The smallest absolute Gasteiger partial charge is 0.339 e. The number of nitrogens with zero attached hydrogens (tertiary/aromatic N) is 4. The standard InChI is InChI=1S/C18H20F3N5O/c19-18(20,21)17-24-15(14-11-23-6-9-26(14)17)12-3-7-25(8-4-12)16(27)13-2-1-5-22-10-13/h1-2,5,10,12,23H,3-4,6-9,11H2. The molecule has 0 radical (unpaired) electrons. The predicted octanol–water partition coefficient (Wildman–Crippen LogP) is 2.42. The van der Waals surface area contributed by atoms with Crippen molar-refractivity contribution in [3.05, 3.63) is 47.3 Å². The Kier molecular flexibility index (Phi) is 4.63. The number of rotatable bonds is 2. The SMILES string of the molecule is O=C(c1cccnc1)N1CCC(c2nc(C(F)(F)F)n3c2CNCC3)CC1. The third-order valence-corrected chi connectivity index (χ3v) is 5.24. The molecule has 2 aromatic rings. The van der Waals surface area contributed by atoms with Gasteiger partial charge in [0, 0.05) is 51.0 Å². The molecule has 1 saturated heterocycles. The van der Waals surface area contributed by atoms with Crippen molar-refractivity contribution < 1.29 is 18.0 Å². The fourth-order valence-electron chi connectivity index (χ4n) is 3.90. The molecule has 0 spiro atoms. The first-order valence-electron chi connectivity index (χ1n) is 9.01. The first-order chi connectivity index (χ1) is 12.9. The van der Waals surface area contributed by atoms with Crippen molar-refractivity contribution in [2.75, 3.05) is 19.6 Å². The molecule has 1 amide bonds. The van der Waals surface area contributed by atoms with E-state index in [4.69, 9.17) is 0 Å². The first-order valence-corrected chi connectivity index (χ1v) is 9.01. The van der Waals surface area contributed by atoms with Crippen molar-refractivity contribution in [3.63, 3.8) is 0 Å². The quantitative estimate of drug-likeness (QED) is 0.871. The Labute approximate surface area is 154 Å². The van der Waals surface area contributed by atoms with Gasteiger partial charge in [0.1, 0.15) is 0 Å². The van der Waals surface area contributed by atoms with Crippen molar-refractivity contribution in [2.24, 2.45) is 0 Å². The zero-order valence-electron chi connectivity index (χ0n) is 14.7. The van der Waals surface area contributed by atoms with Crippen LogP contribution in [0.4, 0.5) is 13.2 Å². The Bertz CT molecular complexity index is 826. The monoisotopic (exact) mass is 379 g/mol. The molecule has 1 N–H and O–H groups in total. The zero-order valence-corrected chi connectivity index (χ0v) is 14.7. The summed E-state index contributed by atoms with van der Waals surface area (Å²) in [5.41, 5.74) is 1.69. The fourth-order valence-corrected chi connectivity index (χ4v) is 3.90. The number of pyridine rings is 1. The second kappa shape index (κ2) is 6.95. The number of amides is 1. The Morgan fingerprint density at radius 3 is 2.67 bits per heavy atom. The van der Waals surface area contributed by atoms with Crippen LogP contribution in [0, 0.1) is 0 Å². The molecule has 0 saturated carbocycles. The molecule has 2 aliphatic heterocycles. The highest BCUT2D eigenvalue weighted by atomic mass is 19.4. The highest BCUT2D eigenvalue weighted by Crippen LogP contribution is 2.36. The highest BCUT2D eigenvalue weighted by Gasteiger charge is 2.40. The van der Waals surface area contributed by atoms with Gasteiger partial charge in [-0.05, 0) is 25.0 Å². The van der Waals surface area contributed by atoms with Gasteiger partial charge in [-0.2, -0.15) is 13.2 Å². The number of aromatic nitrogens is 3. The third kappa shape index (κ3) is 3.43. The summed E-state index contributed by atoms with van der Waals surface area (Å²) in [4.78, 5) is 22.2. The van der Waals surface area contributed by atoms with Gasteiger partial charge >= 0.3 is 6.18 Å². The van der Waals surface area contributed by atoms with Crippen LogP contribution in [0.3, 0.4) is 0 Å². The average Bonchev–Trinajstić information content (AvgIpc) is 3.08. The lowest BCUT2D eigenvalue weighted by molar-refractivity contribution is -0.147. The lowest BCUT2D eigenvalue weighted by atomic mass is 9.91. The van der Waals surface area contributed by atoms with Crippen LogP contribution in [0.15, 0.2) is 24.5 Å². The molecule has 4 rings (SSSR count). The molecular formula is C18H20F3N5O. The maximum absolute atomic E-state index is 13.3. The van der Waals surface area contributed by atoms with Crippen molar-refractivity contribution in [1.29, 1.82) is 0 Å². The summed E-state index contributed by atoms with van der Waals surface area (Å²) in [6.45, 7) is 2.17. The van der Waals surface area contributed by atoms with E-state index in [1.54, 1.807) is 23.2 Å². The van der Waals surface area contributed by atoms with E-state index in [1.807, 2.05) is 0 Å². The van der Waals surface area contributed by atoms with E-state index in [-0.39, 0.29) is 18.4 Å². The van der Waals surface area contributed by atoms with Crippen LogP contribution in [-0.4, -0.2) is 45.0 Å². The summed E-state index contributed by atoms with van der Waals surface area (Å²) >= 11 is 0. The van der Waals surface area contributed by atoms with E-state index in [0.29, 0.717) is 56.0 Å². The molecule has 0 bridgehead atoms. The summed E-state index contributed by atoms with van der Waals surface area (Å²) in [5.74, 6) is -0.964. The second-order valence-corrected chi connectivity index (χ2v) is 6.90. The van der Waals surface area contributed by atoms with E-state index in [1.165, 1.54) is 10.8 Å². The summed E-state index contributed by atoms with van der Waals surface area (Å²) in [7, 11) is 0. The third-order valence-electron chi connectivity index (χ3n) is 5.24. The Morgan fingerprint density at radius 1 is 1.22 bits per heavy atom. The van der Waals surface area contributed by atoms with Gasteiger partial charge in [-0.3, -0.25) is 9.78 Å². The average molecular weight is 379 g/mol. The van der Waals surface area contributed by atoms with Gasteiger partial charge in [0.2, 0.25) is 5.82 Å². The fraction of sp³-hybridized carbons (Fsp3) is 0.500. The van der Waals surface area contributed by atoms with Crippen molar-refractivity contribution in [1.82, 2.24) is 24.8 Å². The van der Waals surface area contributed by atoms with Crippen LogP contribution in [0.25, 0.3) is 0 Å². The topological polar surface area (TPSA) is 63.1 Å². The number of fused-ring (bicyclic) bond motifs is 1. The molecule has 0 atom stereocenters. The first kappa shape index (κ1) is 18.0. The minimum absolute atomic E-state index is 0.0693. The number of imidazole rings is 1. The highest BCUT2D eigenvalue weighted by molar-refractivity contribution is 5.93. The van der Waals surface area contributed by atoms with Crippen LogP contribution in [0.5, 0.6) is 0 Å². The van der Waals surface area contributed by atoms with Gasteiger partial charge in [-0.1, -0.05) is 0 Å². The number of hydrogen-bond acceptors (Lipinski definition) is 4. The Morgan fingerprint density at radius 2 is 2.00 bits per heavy atom. The Balaban J connectivity index is 1.52. The van der Waals surface area contributed by atoms with Crippen LogP contribution in [0.1, 0.15) is 46.3 Å². The van der Waals surface area contributed by atoms with Gasteiger partial charge in [-0.15, -0.1) is 0 Å². The molecule has 4 heterocycles. The summed E-state index contributed by atoms with van der Waals surface area (Å²) in [5, 5.41) is 3.13. The van der Waals surface area contributed by atoms with Crippen molar-refractivity contribution in [3.8, 4) is 0 Å². The summed E-state index contributed by atoms with van der Waals surface area (Å²) < 4.78 is 41.4. The lowest BCUT2D eigenvalue weighted by Gasteiger charge is -2.32. The molecular weight excluding hydrogens is 359 g/mol. The van der Waals surface area contributed by atoms with Crippen LogP contribution >= 0.6 is 0 Å². The molecule has 2 aromatic heterocycles. The van der Waals surface area contributed by atoms with Gasteiger partial charge < -0.3 is 14.8 Å². The normalized spacial score (nSPS) is 18.4. The van der Waals surface area contributed by atoms with E-state index in [2.05, 4.69) is 15.3 Å². The van der Waals surface area contributed by atoms with Crippen LogP contribution in [0.2, 0.25) is 0 Å². The number of carbonyl (C=O) groups is 1. The molecule has 27 heavy (non-hydrogen) atoms. The minimum Gasteiger partial charge on any atom is -0.339 e. The molecule has 0 unspecified atom stereocenters. The van der Waals surface area contributed by atoms with E-state index in [9.17, 15) is 18.0 Å². The van der Waals surface area contributed by atoms with Gasteiger partial charge in [0.15, 0.2) is 0 Å². The zero-order chi connectivity index (χ0) is 19.0. The van der Waals surface area contributed by atoms with Gasteiger partial charge in [0.05, 0.1) is 17.0 Å².